The van der Waals surface area contributed by atoms with E-state index >= 15 is 0 Å². The van der Waals surface area contributed by atoms with Crippen molar-refractivity contribution in [3.63, 3.8) is 0 Å². The maximum Gasteiger partial charge on any atom is 0.387 e. The van der Waals surface area contributed by atoms with E-state index in [9.17, 15) is 23.7 Å². The highest BCUT2D eigenvalue weighted by Crippen LogP contribution is 2.35. The molecule has 0 aliphatic rings. The maximum absolute atomic E-state index is 12.4. The SMILES string of the molecule is CCCC(C)NC(=O)c1cc(OC)c(OC(F)F)cc1[N+](=O)[O-]. The number of halogens is 2. The molecular weight excluding hydrogens is 314 g/mol. The quantitative estimate of drug-likeness (QED) is 0.583. The molecule has 1 amide bonds. The van der Waals surface area contributed by atoms with Crippen LogP contribution in [0.5, 0.6) is 11.5 Å². The van der Waals surface area contributed by atoms with Gasteiger partial charge in [0, 0.05) is 12.1 Å². The highest BCUT2D eigenvalue weighted by atomic mass is 19.3. The number of nitro benzene ring substituents is 1. The highest BCUT2D eigenvalue weighted by Gasteiger charge is 2.26. The maximum atomic E-state index is 12.4. The van der Waals surface area contributed by atoms with Crippen molar-refractivity contribution in [2.45, 2.75) is 39.3 Å². The number of hydrogen-bond acceptors (Lipinski definition) is 5. The Morgan fingerprint density at radius 3 is 2.52 bits per heavy atom. The Kier molecular flexibility index (Phi) is 6.67. The number of alkyl halides is 2. The molecule has 23 heavy (non-hydrogen) atoms. The highest BCUT2D eigenvalue weighted by molar-refractivity contribution is 5.99. The van der Waals surface area contributed by atoms with Gasteiger partial charge in [0.1, 0.15) is 5.56 Å². The van der Waals surface area contributed by atoms with Crippen molar-refractivity contribution in [2.24, 2.45) is 0 Å². The lowest BCUT2D eigenvalue weighted by molar-refractivity contribution is -0.385. The van der Waals surface area contributed by atoms with Gasteiger partial charge in [-0.3, -0.25) is 14.9 Å². The van der Waals surface area contributed by atoms with Gasteiger partial charge in [-0.25, -0.2) is 0 Å². The van der Waals surface area contributed by atoms with E-state index in [2.05, 4.69) is 10.1 Å². The van der Waals surface area contributed by atoms with Crippen LogP contribution in [0.2, 0.25) is 0 Å². The molecule has 0 heterocycles. The van der Waals surface area contributed by atoms with Crippen molar-refractivity contribution in [2.75, 3.05) is 7.11 Å². The third-order valence-electron chi connectivity index (χ3n) is 3.04. The van der Waals surface area contributed by atoms with Gasteiger partial charge in [-0.05, 0) is 13.3 Å². The number of methoxy groups -OCH3 is 1. The zero-order valence-electron chi connectivity index (χ0n) is 13.0. The minimum absolute atomic E-state index is 0.185. The average Bonchev–Trinajstić information content (AvgIpc) is 2.46. The van der Waals surface area contributed by atoms with Gasteiger partial charge in [0.25, 0.3) is 11.6 Å². The van der Waals surface area contributed by atoms with E-state index in [1.165, 1.54) is 7.11 Å². The number of nitrogens with one attached hydrogen (secondary N) is 1. The van der Waals surface area contributed by atoms with E-state index in [0.29, 0.717) is 6.42 Å². The Hall–Kier alpha value is -2.45. The van der Waals surface area contributed by atoms with E-state index in [-0.39, 0.29) is 17.4 Å². The van der Waals surface area contributed by atoms with Crippen LogP contribution in [0.4, 0.5) is 14.5 Å². The number of ether oxygens (including phenoxy) is 2. The Morgan fingerprint density at radius 1 is 1.39 bits per heavy atom. The Labute approximate surface area is 131 Å². The fraction of sp³-hybridized carbons (Fsp3) is 0.500. The summed E-state index contributed by atoms with van der Waals surface area (Å²) < 4.78 is 33.8. The summed E-state index contributed by atoms with van der Waals surface area (Å²) in [5.41, 5.74) is -0.918. The van der Waals surface area contributed by atoms with Gasteiger partial charge >= 0.3 is 6.61 Å². The molecular formula is C14H18F2N2O5. The molecule has 0 aliphatic heterocycles. The average molecular weight is 332 g/mol. The van der Waals surface area contributed by atoms with Gasteiger partial charge in [0.05, 0.1) is 18.1 Å². The van der Waals surface area contributed by atoms with Crippen LogP contribution in [0.25, 0.3) is 0 Å². The molecule has 0 saturated heterocycles. The van der Waals surface area contributed by atoms with Crippen molar-refractivity contribution in [3.8, 4) is 11.5 Å². The second-order valence-electron chi connectivity index (χ2n) is 4.82. The standard InChI is InChI=1S/C14H18F2N2O5/c1-4-5-8(2)17-13(19)9-6-11(22-3)12(23-14(15)16)7-10(9)18(20)21/h6-8,14H,4-5H2,1-3H3,(H,17,19). The third-order valence-corrected chi connectivity index (χ3v) is 3.04. The second-order valence-corrected chi connectivity index (χ2v) is 4.82. The van der Waals surface area contributed by atoms with E-state index in [1.54, 1.807) is 6.92 Å². The summed E-state index contributed by atoms with van der Waals surface area (Å²) in [4.78, 5) is 22.5. The first kappa shape index (κ1) is 18.6. The van der Waals surface area contributed by atoms with Crippen LogP contribution < -0.4 is 14.8 Å². The molecule has 128 valence electrons. The smallest absolute Gasteiger partial charge is 0.387 e. The summed E-state index contributed by atoms with van der Waals surface area (Å²) in [6.07, 6.45) is 1.53. The number of nitrogens with zero attached hydrogens (tertiary/aromatic N) is 1. The zero-order valence-corrected chi connectivity index (χ0v) is 13.0. The largest absolute Gasteiger partial charge is 0.493 e. The normalized spacial score (nSPS) is 11.9. The molecule has 0 bridgehead atoms. The molecule has 0 radical (unpaired) electrons. The third kappa shape index (κ3) is 5.04. The van der Waals surface area contributed by atoms with Crippen LogP contribution in [0, 0.1) is 10.1 Å². The lowest BCUT2D eigenvalue weighted by Gasteiger charge is -2.15. The summed E-state index contributed by atoms with van der Waals surface area (Å²) in [5, 5.41) is 13.7. The number of amides is 1. The first-order valence-corrected chi connectivity index (χ1v) is 6.92. The van der Waals surface area contributed by atoms with Crippen molar-refractivity contribution >= 4 is 11.6 Å². The monoisotopic (exact) mass is 332 g/mol. The van der Waals surface area contributed by atoms with E-state index in [1.807, 2.05) is 6.92 Å². The molecule has 0 aliphatic carbocycles. The number of rotatable bonds is 8. The summed E-state index contributed by atoms with van der Waals surface area (Å²) in [5.74, 6) is -1.38. The van der Waals surface area contributed by atoms with Crippen LogP contribution in [-0.4, -0.2) is 30.6 Å². The lowest BCUT2D eigenvalue weighted by Crippen LogP contribution is -2.32. The Morgan fingerprint density at radius 2 is 2.04 bits per heavy atom. The molecule has 0 fully saturated rings. The Balaban J connectivity index is 3.24. The minimum atomic E-state index is -3.17. The first-order chi connectivity index (χ1) is 10.8. The molecule has 1 aromatic rings. The molecule has 0 spiro atoms. The molecule has 1 unspecified atom stereocenters. The molecule has 1 atom stereocenters. The lowest BCUT2D eigenvalue weighted by atomic mass is 10.1. The number of hydrogen-bond donors (Lipinski definition) is 1. The fourth-order valence-electron chi connectivity index (χ4n) is 2.04. The number of benzene rings is 1. The van der Waals surface area contributed by atoms with Crippen LogP contribution in [0.1, 0.15) is 37.0 Å². The number of nitro groups is 1. The van der Waals surface area contributed by atoms with Gasteiger partial charge in [0.15, 0.2) is 11.5 Å². The van der Waals surface area contributed by atoms with Crippen LogP contribution >= 0.6 is 0 Å². The number of carbonyl (C=O) groups is 1. The summed E-state index contributed by atoms with van der Waals surface area (Å²) >= 11 is 0. The van der Waals surface area contributed by atoms with Gasteiger partial charge in [-0.15, -0.1) is 0 Å². The molecule has 1 N–H and O–H groups in total. The second kappa shape index (κ2) is 8.25. The summed E-state index contributed by atoms with van der Waals surface area (Å²) in [6, 6.07) is 1.59. The molecule has 0 saturated carbocycles. The van der Waals surface area contributed by atoms with E-state index in [0.717, 1.165) is 18.6 Å². The van der Waals surface area contributed by atoms with Gasteiger partial charge in [-0.1, -0.05) is 13.3 Å². The summed E-state index contributed by atoms with van der Waals surface area (Å²) in [6.45, 7) is 0.524. The van der Waals surface area contributed by atoms with Crippen molar-refractivity contribution < 1.29 is 28.0 Å². The molecule has 9 heteroatoms. The van der Waals surface area contributed by atoms with Gasteiger partial charge in [0.2, 0.25) is 0 Å². The van der Waals surface area contributed by atoms with E-state index in [4.69, 9.17) is 4.74 Å². The molecule has 1 rings (SSSR count). The van der Waals surface area contributed by atoms with Crippen molar-refractivity contribution in [1.82, 2.24) is 5.32 Å². The predicted molar refractivity (Wildman–Crippen MR) is 78.1 cm³/mol. The van der Waals surface area contributed by atoms with Crippen molar-refractivity contribution in [3.05, 3.63) is 27.8 Å². The number of carbonyl (C=O) groups excluding carboxylic acids is 1. The molecule has 0 aromatic heterocycles. The first-order valence-electron chi connectivity index (χ1n) is 6.92. The topological polar surface area (TPSA) is 90.7 Å². The van der Waals surface area contributed by atoms with Crippen molar-refractivity contribution in [1.29, 1.82) is 0 Å². The van der Waals surface area contributed by atoms with Crippen LogP contribution in [-0.2, 0) is 0 Å². The summed E-state index contributed by atoms with van der Waals surface area (Å²) in [7, 11) is 1.18. The molecule has 1 aromatic carbocycles. The van der Waals surface area contributed by atoms with Gasteiger partial charge in [-0.2, -0.15) is 8.78 Å². The van der Waals surface area contributed by atoms with Crippen LogP contribution in [0.3, 0.4) is 0 Å². The fourth-order valence-corrected chi connectivity index (χ4v) is 2.04. The molecule has 7 nitrogen and oxygen atoms in total. The Bertz CT molecular complexity index is 581. The van der Waals surface area contributed by atoms with Gasteiger partial charge < -0.3 is 14.8 Å². The minimum Gasteiger partial charge on any atom is -0.493 e. The van der Waals surface area contributed by atoms with E-state index < -0.39 is 28.9 Å². The zero-order chi connectivity index (χ0) is 17.6. The predicted octanol–water partition coefficient (Wildman–Crippen LogP) is 3.12. The van der Waals surface area contributed by atoms with Crippen LogP contribution in [0.15, 0.2) is 12.1 Å².